The summed E-state index contributed by atoms with van der Waals surface area (Å²) in [7, 11) is 0. The van der Waals surface area contributed by atoms with E-state index in [9.17, 15) is 4.79 Å². The van der Waals surface area contributed by atoms with Crippen LogP contribution in [0.25, 0.3) is 11.3 Å². The maximum absolute atomic E-state index is 11.0. The molecule has 1 unspecified atom stereocenters. The fourth-order valence-corrected chi connectivity index (χ4v) is 2.22. The molecule has 5 nitrogen and oxygen atoms in total. The van der Waals surface area contributed by atoms with Crippen LogP contribution in [0.3, 0.4) is 0 Å². The predicted molar refractivity (Wildman–Crippen MR) is 82.3 cm³/mol. The molecular weight excluding hydrogens is 313 g/mol. The van der Waals surface area contributed by atoms with Gasteiger partial charge < -0.3 is 15.5 Å². The number of H-pyrrole nitrogens is 1. The molecule has 0 aliphatic heterocycles. The largest absolute Gasteiger partial charge is 0.438 e. The molecule has 112 valence electrons. The first-order valence-electron chi connectivity index (χ1n) is 6.35. The van der Waals surface area contributed by atoms with Gasteiger partial charge in [-0.3, -0.25) is 0 Å². The fourth-order valence-electron chi connectivity index (χ4n) is 1.92. The van der Waals surface area contributed by atoms with E-state index in [1.165, 1.54) is 0 Å². The molecule has 0 aliphatic carbocycles. The van der Waals surface area contributed by atoms with Gasteiger partial charge in [0.2, 0.25) is 0 Å². The highest BCUT2D eigenvalue weighted by Crippen LogP contribution is 2.30. The minimum absolute atomic E-state index is 0.0327. The lowest BCUT2D eigenvalue weighted by molar-refractivity contribution is 0.0733. The Hall–Kier alpha value is -1.72. The van der Waals surface area contributed by atoms with Crippen molar-refractivity contribution < 1.29 is 9.53 Å². The summed E-state index contributed by atoms with van der Waals surface area (Å²) < 4.78 is 5.09. The van der Waals surface area contributed by atoms with Crippen molar-refractivity contribution in [2.75, 3.05) is 0 Å². The molecule has 7 heteroatoms. The van der Waals surface area contributed by atoms with E-state index >= 15 is 0 Å². The minimum atomic E-state index is -0.832. The van der Waals surface area contributed by atoms with Crippen molar-refractivity contribution in [1.82, 2.24) is 9.97 Å². The second-order valence-electron chi connectivity index (χ2n) is 4.91. The average molecular weight is 328 g/mol. The Morgan fingerprint density at radius 2 is 2.05 bits per heavy atom. The van der Waals surface area contributed by atoms with Crippen LogP contribution in [0.2, 0.25) is 10.0 Å². The first kappa shape index (κ1) is 15.7. The number of imidazole rings is 1. The third-order valence-corrected chi connectivity index (χ3v) is 3.68. The maximum Gasteiger partial charge on any atom is 0.405 e. The summed E-state index contributed by atoms with van der Waals surface area (Å²) in [5, 5.41) is 0.941. The highest BCUT2D eigenvalue weighted by Gasteiger charge is 2.22. The summed E-state index contributed by atoms with van der Waals surface area (Å²) in [6.45, 7) is 3.82. The smallest absolute Gasteiger partial charge is 0.405 e. The van der Waals surface area contributed by atoms with E-state index in [4.69, 9.17) is 33.7 Å². The number of carbonyl (C=O) groups excluding carboxylic acids is 1. The second-order valence-corrected chi connectivity index (χ2v) is 5.73. The number of aromatic amines is 1. The van der Waals surface area contributed by atoms with Crippen LogP contribution >= 0.6 is 23.2 Å². The van der Waals surface area contributed by atoms with Gasteiger partial charge in [0.05, 0.1) is 21.9 Å². The summed E-state index contributed by atoms with van der Waals surface area (Å²) in [4.78, 5) is 18.3. The van der Waals surface area contributed by atoms with E-state index in [1.807, 2.05) is 19.9 Å². The van der Waals surface area contributed by atoms with Gasteiger partial charge >= 0.3 is 6.09 Å². The summed E-state index contributed by atoms with van der Waals surface area (Å²) in [5.41, 5.74) is 6.68. The third kappa shape index (κ3) is 3.68. The molecule has 1 atom stereocenters. The Bertz CT molecular complexity index is 655. The topological polar surface area (TPSA) is 81.0 Å². The normalized spacial score (nSPS) is 12.4. The predicted octanol–water partition coefficient (Wildman–Crippen LogP) is 4.18. The molecule has 0 fully saturated rings. The summed E-state index contributed by atoms with van der Waals surface area (Å²) in [5.74, 6) is 0.565. The number of rotatable bonds is 4. The van der Waals surface area contributed by atoms with E-state index in [2.05, 4.69) is 9.97 Å². The molecule has 0 aliphatic rings. The van der Waals surface area contributed by atoms with Crippen molar-refractivity contribution in [2.45, 2.75) is 20.0 Å². The van der Waals surface area contributed by atoms with Gasteiger partial charge in [-0.1, -0.05) is 43.1 Å². The molecule has 0 radical (unpaired) electrons. The van der Waals surface area contributed by atoms with E-state index in [-0.39, 0.29) is 5.92 Å². The SMILES string of the molecule is CC(C)C(OC(N)=O)c1ncc(-c2ccc(Cl)c(Cl)c2)[nH]1. The zero-order chi connectivity index (χ0) is 15.6. The maximum atomic E-state index is 11.0. The molecule has 1 aromatic heterocycles. The number of nitrogens with one attached hydrogen (secondary N) is 1. The number of nitrogens with zero attached hydrogens (tertiary/aromatic N) is 1. The number of hydrogen-bond acceptors (Lipinski definition) is 3. The van der Waals surface area contributed by atoms with Gasteiger partial charge in [-0.05, 0) is 18.1 Å². The quantitative estimate of drug-likeness (QED) is 0.883. The van der Waals surface area contributed by atoms with Gasteiger partial charge in [0.1, 0.15) is 5.82 Å². The Morgan fingerprint density at radius 1 is 1.33 bits per heavy atom. The van der Waals surface area contributed by atoms with Crippen molar-refractivity contribution >= 4 is 29.3 Å². The number of primary amides is 1. The Labute approximate surface area is 132 Å². The Morgan fingerprint density at radius 3 is 2.62 bits per heavy atom. The third-order valence-electron chi connectivity index (χ3n) is 2.94. The van der Waals surface area contributed by atoms with Crippen molar-refractivity contribution in [2.24, 2.45) is 11.7 Å². The van der Waals surface area contributed by atoms with Crippen LogP contribution in [-0.4, -0.2) is 16.1 Å². The molecule has 2 aromatic rings. The molecule has 1 heterocycles. The van der Waals surface area contributed by atoms with Crippen molar-refractivity contribution in [3.63, 3.8) is 0 Å². The average Bonchev–Trinajstić information content (AvgIpc) is 2.88. The Kier molecular flexibility index (Phi) is 4.75. The molecule has 0 saturated heterocycles. The number of ether oxygens (including phenoxy) is 1. The first-order valence-corrected chi connectivity index (χ1v) is 7.10. The minimum Gasteiger partial charge on any atom is -0.438 e. The van der Waals surface area contributed by atoms with Gasteiger partial charge in [-0.2, -0.15) is 0 Å². The molecule has 1 aromatic carbocycles. The standard InChI is InChI=1S/C14H15Cl2N3O2/c1-7(2)12(21-14(17)20)13-18-6-11(19-13)8-3-4-9(15)10(16)5-8/h3-7,12H,1-2H3,(H2,17,20)(H,18,19). The van der Waals surface area contributed by atoms with Crippen molar-refractivity contribution in [1.29, 1.82) is 0 Å². The lowest BCUT2D eigenvalue weighted by Gasteiger charge is -2.17. The molecular formula is C14H15Cl2N3O2. The zero-order valence-electron chi connectivity index (χ0n) is 11.6. The van der Waals surface area contributed by atoms with Gasteiger partial charge in [-0.25, -0.2) is 9.78 Å². The lowest BCUT2D eigenvalue weighted by atomic mass is 10.1. The first-order chi connectivity index (χ1) is 9.88. The van der Waals surface area contributed by atoms with E-state index < -0.39 is 12.2 Å². The monoisotopic (exact) mass is 327 g/mol. The van der Waals surface area contributed by atoms with Gasteiger partial charge in [-0.15, -0.1) is 0 Å². The second kappa shape index (κ2) is 6.37. The number of benzene rings is 1. The molecule has 0 bridgehead atoms. The van der Waals surface area contributed by atoms with Gasteiger partial charge in [0.25, 0.3) is 0 Å². The van der Waals surface area contributed by atoms with Gasteiger partial charge in [0.15, 0.2) is 6.10 Å². The van der Waals surface area contributed by atoms with Crippen LogP contribution in [0.1, 0.15) is 25.8 Å². The summed E-state index contributed by atoms with van der Waals surface area (Å²) in [6, 6.07) is 5.27. The number of amides is 1. The Balaban J connectivity index is 2.31. The van der Waals surface area contributed by atoms with Crippen LogP contribution in [0, 0.1) is 5.92 Å². The lowest BCUT2D eigenvalue weighted by Crippen LogP contribution is -2.21. The molecule has 1 amide bonds. The fraction of sp³-hybridized carbons (Fsp3) is 0.286. The van der Waals surface area contributed by atoms with Crippen LogP contribution < -0.4 is 5.73 Å². The van der Waals surface area contributed by atoms with Crippen LogP contribution in [0.5, 0.6) is 0 Å². The summed E-state index contributed by atoms with van der Waals surface area (Å²) >= 11 is 11.9. The van der Waals surface area contributed by atoms with Crippen molar-refractivity contribution in [3.05, 3.63) is 40.3 Å². The van der Waals surface area contributed by atoms with Gasteiger partial charge in [0, 0.05) is 5.56 Å². The summed E-state index contributed by atoms with van der Waals surface area (Å²) in [6.07, 6.45) is 0.287. The van der Waals surface area contributed by atoms with Crippen LogP contribution in [0.4, 0.5) is 4.79 Å². The molecule has 2 rings (SSSR count). The molecule has 0 spiro atoms. The van der Waals surface area contributed by atoms with E-state index in [0.29, 0.717) is 15.9 Å². The molecule has 21 heavy (non-hydrogen) atoms. The van der Waals surface area contributed by atoms with Crippen molar-refractivity contribution in [3.8, 4) is 11.3 Å². The highest BCUT2D eigenvalue weighted by molar-refractivity contribution is 6.42. The number of aromatic nitrogens is 2. The van der Waals surface area contributed by atoms with Crippen LogP contribution in [0.15, 0.2) is 24.4 Å². The number of nitrogens with two attached hydrogens (primary N) is 1. The number of halogens is 2. The highest BCUT2D eigenvalue weighted by atomic mass is 35.5. The molecule has 0 saturated carbocycles. The number of carbonyl (C=O) groups is 1. The number of hydrogen-bond donors (Lipinski definition) is 2. The van der Waals surface area contributed by atoms with Crippen LogP contribution in [-0.2, 0) is 4.74 Å². The van der Waals surface area contributed by atoms with E-state index in [1.54, 1.807) is 18.3 Å². The molecule has 3 N–H and O–H groups in total. The zero-order valence-corrected chi connectivity index (χ0v) is 13.1. The van der Waals surface area contributed by atoms with E-state index in [0.717, 1.165) is 11.3 Å².